The summed E-state index contributed by atoms with van der Waals surface area (Å²) in [5.74, 6) is -0.0678. The summed E-state index contributed by atoms with van der Waals surface area (Å²) < 4.78 is 33.9. The number of hydrogen-bond donors (Lipinski definition) is 1. The van der Waals surface area contributed by atoms with Gasteiger partial charge in [-0.15, -0.1) is 0 Å². The van der Waals surface area contributed by atoms with Gasteiger partial charge in [-0.25, -0.2) is 8.42 Å². The number of carbonyl (C=O) groups is 1. The van der Waals surface area contributed by atoms with Gasteiger partial charge in [0, 0.05) is 13.5 Å². The standard InChI is InChI=1S/C22H23N3O4S/c1-4-18-21(22(29-24-18)23-15(3)26)17-10-9-14(2)20(13-17)30(27,28)25-12-11-16-7-5-6-8-19(16)25/h5-10,13H,4,11-12H2,1-3H3,(H,23,26). The number of anilines is 2. The molecule has 0 radical (unpaired) electrons. The van der Waals surface area contributed by atoms with E-state index in [0.717, 1.165) is 11.3 Å². The fraction of sp³-hybridized carbons (Fsp3) is 0.273. The summed E-state index contributed by atoms with van der Waals surface area (Å²) in [6.45, 7) is 5.50. The molecule has 0 atom stereocenters. The minimum atomic E-state index is -3.76. The number of para-hydroxylation sites is 1. The molecule has 3 aromatic rings. The van der Waals surface area contributed by atoms with Gasteiger partial charge in [-0.2, -0.15) is 0 Å². The first-order valence-corrected chi connectivity index (χ1v) is 11.2. The van der Waals surface area contributed by atoms with Crippen LogP contribution in [0.15, 0.2) is 51.9 Å². The van der Waals surface area contributed by atoms with E-state index in [1.54, 1.807) is 19.1 Å². The van der Waals surface area contributed by atoms with Crippen LogP contribution in [0.1, 0.15) is 30.7 Å². The van der Waals surface area contributed by atoms with E-state index >= 15 is 0 Å². The number of carbonyl (C=O) groups excluding carboxylic acids is 1. The second kappa shape index (κ2) is 7.60. The van der Waals surface area contributed by atoms with Crippen molar-refractivity contribution >= 4 is 27.5 Å². The Kier molecular flexibility index (Phi) is 5.11. The van der Waals surface area contributed by atoms with Gasteiger partial charge in [0.2, 0.25) is 11.8 Å². The van der Waals surface area contributed by atoms with Gasteiger partial charge in [-0.1, -0.05) is 42.4 Å². The van der Waals surface area contributed by atoms with Crippen LogP contribution >= 0.6 is 0 Å². The number of rotatable bonds is 5. The van der Waals surface area contributed by atoms with Gasteiger partial charge in [0.05, 0.1) is 21.8 Å². The summed E-state index contributed by atoms with van der Waals surface area (Å²) >= 11 is 0. The van der Waals surface area contributed by atoms with Crippen LogP contribution in [0.2, 0.25) is 0 Å². The molecule has 7 nitrogen and oxygen atoms in total. The third kappa shape index (κ3) is 3.37. The molecule has 2 heterocycles. The highest BCUT2D eigenvalue weighted by molar-refractivity contribution is 7.93. The molecule has 30 heavy (non-hydrogen) atoms. The fourth-order valence-electron chi connectivity index (χ4n) is 3.82. The molecular formula is C22H23N3O4S. The maximum absolute atomic E-state index is 13.6. The SMILES string of the molecule is CCc1noc(NC(C)=O)c1-c1ccc(C)c(S(=O)(=O)N2CCc3ccccc32)c1. The molecule has 0 bridgehead atoms. The van der Waals surface area contributed by atoms with Crippen LogP contribution in [-0.2, 0) is 27.7 Å². The topological polar surface area (TPSA) is 92.5 Å². The first-order valence-electron chi connectivity index (χ1n) is 9.80. The van der Waals surface area contributed by atoms with Crippen molar-refractivity contribution in [3.63, 3.8) is 0 Å². The van der Waals surface area contributed by atoms with E-state index in [4.69, 9.17) is 4.52 Å². The zero-order valence-electron chi connectivity index (χ0n) is 17.1. The second-order valence-electron chi connectivity index (χ2n) is 7.30. The van der Waals surface area contributed by atoms with E-state index in [1.165, 1.54) is 11.2 Å². The molecule has 0 unspecified atom stereocenters. The van der Waals surface area contributed by atoms with Crippen molar-refractivity contribution in [3.05, 3.63) is 59.3 Å². The highest BCUT2D eigenvalue weighted by Crippen LogP contribution is 2.37. The van der Waals surface area contributed by atoms with Crippen LogP contribution in [0.25, 0.3) is 11.1 Å². The summed E-state index contributed by atoms with van der Waals surface area (Å²) in [6, 6.07) is 12.8. The van der Waals surface area contributed by atoms with Crippen molar-refractivity contribution in [2.45, 2.75) is 38.5 Å². The number of nitrogens with zero attached hydrogens (tertiary/aromatic N) is 2. The zero-order valence-corrected chi connectivity index (χ0v) is 17.9. The smallest absolute Gasteiger partial charge is 0.264 e. The maximum Gasteiger partial charge on any atom is 0.264 e. The predicted octanol–water partition coefficient (Wildman–Crippen LogP) is 3.92. The molecule has 1 aromatic heterocycles. The number of aromatic nitrogens is 1. The van der Waals surface area contributed by atoms with E-state index in [1.807, 2.05) is 37.3 Å². The van der Waals surface area contributed by atoms with Gasteiger partial charge >= 0.3 is 0 Å². The predicted molar refractivity (Wildman–Crippen MR) is 115 cm³/mol. The van der Waals surface area contributed by atoms with E-state index in [9.17, 15) is 13.2 Å². The zero-order chi connectivity index (χ0) is 21.5. The minimum absolute atomic E-state index is 0.220. The molecule has 156 valence electrons. The average Bonchev–Trinajstić information content (AvgIpc) is 3.32. The van der Waals surface area contributed by atoms with Gasteiger partial charge < -0.3 is 4.52 Å². The van der Waals surface area contributed by atoms with Crippen LogP contribution in [0.3, 0.4) is 0 Å². The molecule has 8 heteroatoms. The number of benzene rings is 2. The first kappa shape index (κ1) is 20.2. The van der Waals surface area contributed by atoms with Crippen LogP contribution < -0.4 is 9.62 Å². The Morgan fingerprint density at radius 1 is 1.23 bits per heavy atom. The normalized spacial score (nSPS) is 13.4. The summed E-state index contributed by atoms with van der Waals surface area (Å²) in [6.07, 6.45) is 1.26. The highest BCUT2D eigenvalue weighted by Gasteiger charge is 2.32. The Labute approximate surface area is 175 Å². The lowest BCUT2D eigenvalue weighted by Crippen LogP contribution is -2.29. The molecule has 0 saturated carbocycles. The lowest BCUT2D eigenvalue weighted by molar-refractivity contribution is -0.114. The summed E-state index contributed by atoms with van der Waals surface area (Å²) in [5, 5.41) is 6.68. The molecule has 1 aliphatic rings. The van der Waals surface area contributed by atoms with Crippen molar-refractivity contribution in [2.24, 2.45) is 0 Å². The van der Waals surface area contributed by atoms with Gasteiger partial charge in [0.25, 0.3) is 10.0 Å². The van der Waals surface area contributed by atoms with Gasteiger partial charge in [0.15, 0.2) is 0 Å². The van der Waals surface area contributed by atoms with Crippen LogP contribution in [0.4, 0.5) is 11.6 Å². The van der Waals surface area contributed by atoms with Crippen molar-refractivity contribution in [2.75, 3.05) is 16.2 Å². The molecule has 0 fully saturated rings. The second-order valence-corrected chi connectivity index (χ2v) is 9.14. The Morgan fingerprint density at radius 3 is 2.73 bits per heavy atom. The number of hydrogen-bond acceptors (Lipinski definition) is 5. The number of aryl methyl sites for hydroxylation is 2. The largest absolute Gasteiger partial charge is 0.337 e. The summed E-state index contributed by atoms with van der Waals surface area (Å²) in [4.78, 5) is 11.8. The van der Waals surface area contributed by atoms with Crippen molar-refractivity contribution in [3.8, 4) is 11.1 Å². The Hall–Kier alpha value is -3.13. The highest BCUT2D eigenvalue weighted by atomic mass is 32.2. The van der Waals surface area contributed by atoms with E-state index in [0.29, 0.717) is 41.8 Å². The first-order chi connectivity index (χ1) is 14.3. The molecule has 1 N–H and O–H groups in total. The summed E-state index contributed by atoms with van der Waals surface area (Å²) in [5.41, 5.74) is 4.28. The third-order valence-corrected chi connectivity index (χ3v) is 7.23. The summed E-state index contributed by atoms with van der Waals surface area (Å²) in [7, 11) is -3.76. The number of amides is 1. The van der Waals surface area contributed by atoms with Crippen LogP contribution in [0, 0.1) is 6.92 Å². The molecule has 2 aromatic carbocycles. The minimum Gasteiger partial charge on any atom is -0.337 e. The lowest BCUT2D eigenvalue weighted by atomic mass is 10.0. The number of nitrogens with one attached hydrogen (secondary N) is 1. The molecule has 1 aliphatic heterocycles. The van der Waals surface area contributed by atoms with Crippen LogP contribution in [0.5, 0.6) is 0 Å². The Bertz CT molecular complexity index is 1230. The lowest BCUT2D eigenvalue weighted by Gasteiger charge is -2.21. The van der Waals surface area contributed by atoms with Crippen LogP contribution in [-0.4, -0.2) is 26.0 Å². The van der Waals surface area contributed by atoms with Gasteiger partial charge in [-0.3, -0.25) is 14.4 Å². The quantitative estimate of drug-likeness (QED) is 0.669. The molecule has 0 aliphatic carbocycles. The molecule has 0 spiro atoms. The van der Waals surface area contributed by atoms with Gasteiger partial charge in [-0.05, 0) is 48.6 Å². The molecule has 0 saturated heterocycles. The third-order valence-electron chi connectivity index (χ3n) is 5.28. The van der Waals surface area contributed by atoms with E-state index < -0.39 is 10.0 Å². The molecule has 1 amide bonds. The molecular weight excluding hydrogens is 402 g/mol. The van der Waals surface area contributed by atoms with E-state index in [-0.39, 0.29) is 16.7 Å². The fourth-order valence-corrected chi connectivity index (χ4v) is 5.57. The van der Waals surface area contributed by atoms with Crippen molar-refractivity contribution in [1.29, 1.82) is 0 Å². The van der Waals surface area contributed by atoms with Crippen molar-refractivity contribution in [1.82, 2.24) is 5.16 Å². The Balaban J connectivity index is 1.83. The number of sulfonamides is 1. The van der Waals surface area contributed by atoms with E-state index in [2.05, 4.69) is 10.5 Å². The average molecular weight is 426 g/mol. The number of fused-ring (bicyclic) bond motifs is 1. The Morgan fingerprint density at radius 2 is 2.00 bits per heavy atom. The maximum atomic E-state index is 13.6. The van der Waals surface area contributed by atoms with Gasteiger partial charge in [0.1, 0.15) is 0 Å². The van der Waals surface area contributed by atoms with Crippen molar-refractivity contribution < 1.29 is 17.7 Å². The molecule has 4 rings (SSSR count). The monoisotopic (exact) mass is 425 g/mol.